The molecule has 0 atom stereocenters. The van der Waals surface area contributed by atoms with Crippen molar-refractivity contribution in [2.24, 2.45) is 0 Å². The molecule has 4 N–H and O–H groups in total. The number of carbonyl (C=O) groups is 5. The summed E-state index contributed by atoms with van der Waals surface area (Å²) in [5.41, 5.74) is 4.54. The van der Waals surface area contributed by atoms with Gasteiger partial charge in [0.05, 0.1) is 6.54 Å². The van der Waals surface area contributed by atoms with Crippen LogP contribution < -0.4 is 21.3 Å². The Morgan fingerprint density at radius 3 is 1.83 bits per heavy atom. The number of hydrogen-bond donors (Lipinski definition) is 4. The topological polar surface area (TPSA) is 155 Å². The normalized spacial score (nSPS) is 11.5. The van der Waals surface area contributed by atoms with Crippen LogP contribution in [0.2, 0.25) is 0 Å². The fraction of sp³-hybridized carbons (Fsp3) is 0.537. The summed E-state index contributed by atoms with van der Waals surface area (Å²) < 4.78 is 10.5. The van der Waals surface area contributed by atoms with Gasteiger partial charge in [-0.1, -0.05) is 106 Å². The maximum atomic E-state index is 13.2. The molecular weight excluding hydrogens is 674 g/mol. The van der Waals surface area contributed by atoms with Gasteiger partial charge in [0.1, 0.15) is 13.2 Å². The molecule has 5 amide bonds. The van der Waals surface area contributed by atoms with Crippen molar-refractivity contribution < 1.29 is 33.4 Å². The summed E-state index contributed by atoms with van der Waals surface area (Å²) in [7, 11) is 1.66. The zero-order chi connectivity index (χ0) is 38.1. The number of benzene rings is 2. The summed E-state index contributed by atoms with van der Waals surface area (Å²) in [6.45, 7) is 5.00. The van der Waals surface area contributed by atoms with Crippen LogP contribution in [-0.2, 0) is 23.9 Å². The number of amides is 5. The number of nitrogens with zero attached hydrogens (tertiary/aromatic N) is 1. The second-order valence-electron chi connectivity index (χ2n) is 13.3. The number of alkyl carbamates (subject to hydrolysis) is 2. The molecule has 290 valence electrons. The van der Waals surface area contributed by atoms with Crippen LogP contribution in [-0.4, -0.2) is 87.8 Å². The number of carbonyl (C=O) groups excluding carboxylic acids is 5. The zero-order valence-corrected chi connectivity index (χ0v) is 31.4. The third-order valence-electron chi connectivity index (χ3n) is 9.28. The molecule has 12 heteroatoms. The highest BCUT2D eigenvalue weighted by Gasteiger charge is 2.29. The van der Waals surface area contributed by atoms with Gasteiger partial charge in [0.25, 0.3) is 0 Å². The van der Waals surface area contributed by atoms with Gasteiger partial charge < -0.3 is 35.6 Å². The largest absolute Gasteiger partial charge is 0.449 e. The van der Waals surface area contributed by atoms with E-state index in [1.807, 2.05) is 24.3 Å². The Bertz CT molecular complexity index is 1420. The number of nitrogens with one attached hydrogen (secondary N) is 4. The molecule has 12 nitrogen and oxygen atoms in total. The third-order valence-corrected chi connectivity index (χ3v) is 9.28. The molecule has 2 aromatic carbocycles. The molecule has 1 aliphatic carbocycles. The molecule has 0 bridgehead atoms. The molecule has 0 heterocycles. The number of hydrogen-bond acceptors (Lipinski definition) is 7. The predicted molar refractivity (Wildman–Crippen MR) is 206 cm³/mol. The lowest BCUT2D eigenvalue weighted by molar-refractivity contribution is -0.136. The standard InChI is InChI=1S/C41H59N5O7/c1-3-29-52-40(50)44-26-18-10-12-24-39(49)46(30-38(48)43-25-17-9-7-5-4-6-8-11-23-37(47)42-2)28-27-45-41(51)53-31-36-34-21-15-13-19-32(34)33-20-14-16-22-35(33)36/h3,13-16,19-22,36H,1,4-12,17-18,23-31H2,2H3,(H,42,47)(H,43,48)(H,44,50)(H,45,51). The lowest BCUT2D eigenvalue weighted by Gasteiger charge is -2.23. The molecule has 0 saturated heterocycles. The van der Waals surface area contributed by atoms with E-state index in [0.717, 1.165) is 73.6 Å². The van der Waals surface area contributed by atoms with Gasteiger partial charge in [0.15, 0.2) is 0 Å². The van der Waals surface area contributed by atoms with Crippen LogP contribution >= 0.6 is 0 Å². The third kappa shape index (κ3) is 16.1. The minimum Gasteiger partial charge on any atom is -0.449 e. The van der Waals surface area contributed by atoms with Crippen LogP contribution in [0.3, 0.4) is 0 Å². The maximum Gasteiger partial charge on any atom is 0.407 e. The number of fused-ring (bicyclic) bond motifs is 3. The van der Waals surface area contributed by atoms with Crippen molar-refractivity contribution in [2.45, 2.75) is 89.4 Å². The van der Waals surface area contributed by atoms with E-state index in [2.05, 4.69) is 52.1 Å². The molecule has 0 unspecified atom stereocenters. The van der Waals surface area contributed by atoms with Crippen LogP contribution in [0, 0.1) is 0 Å². The SMILES string of the molecule is C=CCOC(=O)NCCCCCC(=O)N(CCNC(=O)OCC1c2ccccc2-c2ccccc21)CC(=O)NCCCCCCCCCCC(=O)NC. The fourth-order valence-corrected chi connectivity index (χ4v) is 6.40. The van der Waals surface area contributed by atoms with Gasteiger partial charge in [-0.05, 0) is 47.9 Å². The summed E-state index contributed by atoms with van der Waals surface area (Å²) in [6.07, 6.45) is 11.5. The Morgan fingerprint density at radius 2 is 1.19 bits per heavy atom. The molecular formula is C41H59N5O7. The van der Waals surface area contributed by atoms with E-state index in [1.165, 1.54) is 11.0 Å². The van der Waals surface area contributed by atoms with Crippen LogP contribution in [0.5, 0.6) is 0 Å². The lowest BCUT2D eigenvalue weighted by atomic mass is 9.98. The monoisotopic (exact) mass is 733 g/mol. The van der Waals surface area contributed by atoms with Gasteiger partial charge >= 0.3 is 12.2 Å². The van der Waals surface area contributed by atoms with Gasteiger partial charge in [-0.3, -0.25) is 14.4 Å². The smallest absolute Gasteiger partial charge is 0.407 e. The summed E-state index contributed by atoms with van der Waals surface area (Å²) in [5.74, 6) is -0.384. The van der Waals surface area contributed by atoms with Crippen molar-refractivity contribution in [1.29, 1.82) is 0 Å². The van der Waals surface area contributed by atoms with Crippen LogP contribution in [0.4, 0.5) is 9.59 Å². The molecule has 53 heavy (non-hydrogen) atoms. The van der Waals surface area contributed by atoms with E-state index in [1.54, 1.807) is 7.05 Å². The Balaban J connectivity index is 1.39. The highest BCUT2D eigenvalue weighted by atomic mass is 16.6. The highest BCUT2D eigenvalue weighted by molar-refractivity contribution is 5.85. The molecule has 0 radical (unpaired) electrons. The Kier molecular flexibility index (Phi) is 20.2. The average molecular weight is 734 g/mol. The van der Waals surface area contributed by atoms with Gasteiger partial charge in [0.2, 0.25) is 17.7 Å². The summed E-state index contributed by atoms with van der Waals surface area (Å²) in [4.78, 5) is 63.2. The molecule has 2 aromatic rings. The maximum absolute atomic E-state index is 13.2. The van der Waals surface area contributed by atoms with Gasteiger partial charge in [0, 0.05) is 52.0 Å². The number of rotatable bonds is 26. The molecule has 1 aliphatic rings. The van der Waals surface area contributed by atoms with E-state index in [4.69, 9.17) is 9.47 Å². The Morgan fingerprint density at radius 1 is 0.660 bits per heavy atom. The van der Waals surface area contributed by atoms with Crippen molar-refractivity contribution in [3.05, 3.63) is 72.3 Å². The molecule has 0 aromatic heterocycles. The van der Waals surface area contributed by atoms with Crippen molar-refractivity contribution >= 4 is 29.9 Å². The summed E-state index contributed by atoms with van der Waals surface area (Å²) in [5, 5.41) is 11.0. The predicted octanol–water partition coefficient (Wildman–Crippen LogP) is 6.20. The molecule has 0 spiro atoms. The van der Waals surface area contributed by atoms with Gasteiger partial charge in [-0.15, -0.1) is 0 Å². The highest BCUT2D eigenvalue weighted by Crippen LogP contribution is 2.44. The number of unbranched alkanes of at least 4 members (excludes halogenated alkanes) is 9. The molecule has 0 fully saturated rings. The fourth-order valence-electron chi connectivity index (χ4n) is 6.40. The lowest BCUT2D eigenvalue weighted by Crippen LogP contribution is -2.44. The van der Waals surface area contributed by atoms with E-state index >= 15 is 0 Å². The second kappa shape index (κ2) is 25.2. The first kappa shape index (κ1) is 42.5. The first-order valence-corrected chi connectivity index (χ1v) is 19.2. The van der Waals surface area contributed by atoms with Crippen LogP contribution in [0.1, 0.15) is 101 Å². The molecule has 0 saturated carbocycles. The van der Waals surface area contributed by atoms with Crippen molar-refractivity contribution in [2.75, 3.05) is 53.0 Å². The second-order valence-corrected chi connectivity index (χ2v) is 13.3. The zero-order valence-electron chi connectivity index (χ0n) is 31.4. The van der Waals surface area contributed by atoms with Gasteiger partial charge in [-0.2, -0.15) is 0 Å². The Labute approximate surface area is 314 Å². The van der Waals surface area contributed by atoms with Crippen molar-refractivity contribution in [1.82, 2.24) is 26.2 Å². The molecule has 3 rings (SSSR count). The first-order chi connectivity index (χ1) is 25.8. The van der Waals surface area contributed by atoms with E-state index in [-0.39, 0.29) is 62.9 Å². The quantitative estimate of drug-likeness (QED) is 0.0663. The van der Waals surface area contributed by atoms with E-state index in [9.17, 15) is 24.0 Å². The average Bonchev–Trinajstić information content (AvgIpc) is 3.49. The van der Waals surface area contributed by atoms with Crippen LogP contribution in [0.25, 0.3) is 11.1 Å². The summed E-state index contributed by atoms with van der Waals surface area (Å²) in [6, 6.07) is 16.3. The van der Waals surface area contributed by atoms with Gasteiger partial charge in [-0.25, -0.2) is 9.59 Å². The first-order valence-electron chi connectivity index (χ1n) is 19.2. The van der Waals surface area contributed by atoms with E-state index in [0.29, 0.717) is 38.8 Å². The molecule has 0 aliphatic heterocycles. The minimum absolute atomic E-state index is 0.0609. The van der Waals surface area contributed by atoms with Crippen LogP contribution in [0.15, 0.2) is 61.2 Å². The minimum atomic E-state index is -0.577. The number of ether oxygens (including phenoxy) is 2. The Hall–Kier alpha value is -4.87. The van der Waals surface area contributed by atoms with E-state index < -0.39 is 12.2 Å². The summed E-state index contributed by atoms with van der Waals surface area (Å²) >= 11 is 0. The van der Waals surface area contributed by atoms with Crippen molar-refractivity contribution in [3.8, 4) is 11.1 Å². The van der Waals surface area contributed by atoms with Crippen molar-refractivity contribution in [3.63, 3.8) is 0 Å².